The van der Waals surface area contributed by atoms with Crippen LogP contribution in [0.3, 0.4) is 0 Å². The molecule has 1 aromatic heterocycles. The van der Waals surface area contributed by atoms with Gasteiger partial charge in [-0.3, -0.25) is 10.4 Å². The van der Waals surface area contributed by atoms with Crippen molar-refractivity contribution < 1.29 is 0 Å². The molecule has 122 valence electrons. The molecule has 0 aliphatic heterocycles. The highest BCUT2D eigenvalue weighted by Gasteiger charge is 2.06. The Labute approximate surface area is 151 Å². The zero-order chi connectivity index (χ0) is 17.5. The standard InChI is InChI=1S/C17H17N5S2/c1-11-4-5-14(12(2)8-11)21-17(23)22-20-10-15-16(24-3)13(9-18)6-7-19-15/h4-8,10H,1-3H3,(H2,21,22,23)/b20-10+. The Morgan fingerprint density at radius 2 is 2.17 bits per heavy atom. The second-order valence-electron chi connectivity index (χ2n) is 5.03. The number of nitrogens with one attached hydrogen (secondary N) is 2. The van der Waals surface area contributed by atoms with Crippen LogP contribution in [-0.4, -0.2) is 22.6 Å². The summed E-state index contributed by atoms with van der Waals surface area (Å²) in [5.74, 6) is 0. The molecule has 0 radical (unpaired) electrons. The van der Waals surface area contributed by atoms with Crippen molar-refractivity contribution in [1.82, 2.24) is 10.4 Å². The number of thiocarbonyl (C=S) groups is 1. The van der Waals surface area contributed by atoms with Crippen LogP contribution >= 0.6 is 24.0 Å². The van der Waals surface area contributed by atoms with Crippen LogP contribution in [0.5, 0.6) is 0 Å². The quantitative estimate of drug-likeness (QED) is 0.378. The number of aryl methyl sites for hydroxylation is 2. The first-order chi connectivity index (χ1) is 11.5. The molecule has 2 aromatic rings. The predicted octanol–water partition coefficient (Wildman–Crippen LogP) is 3.61. The Bertz CT molecular complexity index is 824. The van der Waals surface area contributed by atoms with E-state index >= 15 is 0 Å². The normalized spacial score (nSPS) is 10.4. The van der Waals surface area contributed by atoms with Crippen LogP contribution in [-0.2, 0) is 0 Å². The summed E-state index contributed by atoms with van der Waals surface area (Å²) in [4.78, 5) is 5.03. The van der Waals surface area contributed by atoms with Crippen LogP contribution in [0.25, 0.3) is 0 Å². The Morgan fingerprint density at radius 1 is 1.38 bits per heavy atom. The number of nitrogens with zero attached hydrogens (tertiary/aromatic N) is 3. The fourth-order valence-electron chi connectivity index (χ4n) is 2.12. The van der Waals surface area contributed by atoms with E-state index in [1.807, 2.05) is 32.2 Å². The Balaban J connectivity index is 2.04. The van der Waals surface area contributed by atoms with Gasteiger partial charge in [0.1, 0.15) is 6.07 Å². The lowest BCUT2D eigenvalue weighted by atomic mass is 10.1. The van der Waals surface area contributed by atoms with Crippen LogP contribution in [0, 0.1) is 25.2 Å². The number of thioether (sulfide) groups is 1. The van der Waals surface area contributed by atoms with Crippen molar-refractivity contribution in [2.24, 2.45) is 5.10 Å². The molecule has 1 heterocycles. The zero-order valence-corrected chi connectivity index (χ0v) is 15.3. The van der Waals surface area contributed by atoms with Gasteiger partial charge in [0.25, 0.3) is 0 Å². The summed E-state index contributed by atoms with van der Waals surface area (Å²) in [5.41, 5.74) is 7.21. The molecule has 2 N–H and O–H groups in total. The fourth-order valence-corrected chi connectivity index (χ4v) is 2.93. The molecule has 24 heavy (non-hydrogen) atoms. The van der Waals surface area contributed by atoms with Gasteiger partial charge in [-0.25, -0.2) is 0 Å². The van der Waals surface area contributed by atoms with Gasteiger partial charge in [-0.05, 0) is 50.0 Å². The number of hydrazone groups is 1. The molecule has 0 atom stereocenters. The van der Waals surface area contributed by atoms with Crippen molar-refractivity contribution in [2.75, 3.05) is 11.6 Å². The smallest absolute Gasteiger partial charge is 0.191 e. The molecule has 0 saturated carbocycles. The maximum absolute atomic E-state index is 9.12. The number of anilines is 1. The van der Waals surface area contributed by atoms with E-state index in [1.165, 1.54) is 17.3 Å². The first-order valence-electron chi connectivity index (χ1n) is 7.15. The fraction of sp³-hybridized carbons (Fsp3) is 0.176. The summed E-state index contributed by atoms with van der Waals surface area (Å²) in [5, 5.41) is 16.7. The highest BCUT2D eigenvalue weighted by molar-refractivity contribution is 7.98. The van der Waals surface area contributed by atoms with E-state index in [9.17, 15) is 0 Å². The van der Waals surface area contributed by atoms with Crippen molar-refractivity contribution in [3.63, 3.8) is 0 Å². The lowest BCUT2D eigenvalue weighted by Crippen LogP contribution is -2.24. The van der Waals surface area contributed by atoms with Crippen LogP contribution in [0.1, 0.15) is 22.4 Å². The first kappa shape index (κ1) is 17.9. The lowest BCUT2D eigenvalue weighted by Gasteiger charge is -2.10. The minimum atomic E-state index is 0.389. The van der Waals surface area contributed by atoms with Gasteiger partial charge in [-0.15, -0.1) is 11.8 Å². The summed E-state index contributed by atoms with van der Waals surface area (Å²) in [6.45, 7) is 4.06. The van der Waals surface area contributed by atoms with E-state index in [0.29, 0.717) is 16.4 Å². The van der Waals surface area contributed by atoms with Crippen molar-refractivity contribution in [1.29, 1.82) is 5.26 Å². The average Bonchev–Trinajstić information content (AvgIpc) is 2.57. The molecule has 2 rings (SSSR count). The molecule has 0 bridgehead atoms. The molecule has 0 saturated heterocycles. The summed E-state index contributed by atoms with van der Waals surface area (Å²) in [6.07, 6.45) is 5.05. The van der Waals surface area contributed by atoms with Gasteiger partial charge >= 0.3 is 0 Å². The number of hydrogen-bond acceptors (Lipinski definition) is 5. The number of hydrogen-bond donors (Lipinski definition) is 2. The summed E-state index contributed by atoms with van der Waals surface area (Å²) >= 11 is 6.70. The Kier molecular flexibility index (Phi) is 6.29. The Hall–Kier alpha value is -2.43. The number of benzene rings is 1. The van der Waals surface area contributed by atoms with Gasteiger partial charge in [0.2, 0.25) is 0 Å². The molecular formula is C17H17N5S2. The van der Waals surface area contributed by atoms with Crippen LogP contribution in [0.2, 0.25) is 0 Å². The molecule has 0 amide bonds. The van der Waals surface area contributed by atoms with Gasteiger partial charge in [0.15, 0.2) is 5.11 Å². The van der Waals surface area contributed by atoms with Gasteiger partial charge < -0.3 is 5.32 Å². The number of rotatable bonds is 4. The maximum Gasteiger partial charge on any atom is 0.191 e. The third-order valence-electron chi connectivity index (χ3n) is 3.24. The molecule has 0 unspecified atom stereocenters. The predicted molar refractivity (Wildman–Crippen MR) is 104 cm³/mol. The van der Waals surface area contributed by atoms with Crippen molar-refractivity contribution in [3.8, 4) is 6.07 Å². The summed E-state index contributed by atoms with van der Waals surface area (Å²) in [6, 6.07) is 9.91. The Morgan fingerprint density at radius 3 is 2.83 bits per heavy atom. The lowest BCUT2D eigenvalue weighted by molar-refractivity contribution is 1.04. The van der Waals surface area contributed by atoms with Crippen molar-refractivity contribution in [2.45, 2.75) is 18.7 Å². The number of aromatic nitrogens is 1. The number of pyridine rings is 1. The molecule has 0 fully saturated rings. The second-order valence-corrected chi connectivity index (χ2v) is 6.26. The average molecular weight is 355 g/mol. The largest absolute Gasteiger partial charge is 0.331 e. The SMILES string of the molecule is CSc1c(C#N)ccnc1/C=N/NC(=S)Nc1ccc(C)cc1C. The topological polar surface area (TPSA) is 73.1 Å². The number of nitriles is 1. The van der Waals surface area contributed by atoms with Crippen LogP contribution in [0.4, 0.5) is 5.69 Å². The molecular weight excluding hydrogens is 338 g/mol. The van der Waals surface area contributed by atoms with E-state index in [2.05, 4.69) is 33.0 Å². The first-order valence-corrected chi connectivity index (χ1v) is 8.79. The summed E-state index contributed by atoms with van der Waals surface area (Å²) < 4.78 is 0. The second kappa shape index (κ2) is 8.43. The van der Waals surface area contributed by atoms with E-state index < -0.39 is 0 Å². The molecule has 5 nitrogen and oxygen atoms in total. The maximum atomic E-state index is 9.12. The molecule has 0 aliphatic rings. The van der Waals surface area contributed by atoms with Gasteiger partial charge in [0.05, 0.1) is 22.4 Å². The van der Waals surface area contributed by atoms with E-state index in [4.69, 9.17) is 17.5 Å². The van der Waals surface area contributed by atoms with E-state index in [-0.39, 0.29) is 0 Å². The third-order valence-corrected chi connectivity index (χ3v) is 4.27. The van der Waals surface area contributed by atoms with Crippen LogP contribution < -0.4 is 10.7 Å². The van der Waals surface area contributed by atoms with Crippen LogP contribution in [0.15, 0.2) is 40.5 Å². The van der Waals surface area contributed by atoms with E-state index in [0.717, 1.165) is 16.1 Å². The van der Waals surface area contributed by atoms with E-state index in [1.54, 1.807) is 18.5 Å². The summed E-state index contributed by atoms with van der Waals surface area (Å²) in [7, 11) is 0. The zero-order valence-electron chi connectivity index (χ0n) is 13.6. The highest BCUT2D eigenvalue weighted by Crippen LogP contribution is 2.21. The highest BCUT2D eigenvalue weighted by atomic mass is 32.2. The molecule has 7 heteroatoms. The monoisotopic (exact) mass is 355 g/mol. The van der Waals surface area contributed by atoms with Gasteiger partial charge in [-0.1, -0.05) is 17.7 Å². The van der Waals surface area contributed by atoms with Gasteiger partial charge in [0, 0.05) is 11.9 Å². The minimum absolute atomic E-state index is 0.389. The molecule has 0 spiro atoms. The van der Waals surface area contributed by atoms with Crippen molar-refractivity contribution in [3.05, 3.63) is 52.8 Å². The molecule has 1 aromatic carbocycles. The van der Waals surface area contributed by atoms with Gasteiger partial charge in [-0.2, -0.15) is 10.4 Å². The third kappa shape index (κ3) is 4.54. The van der Waals surface area contributed by atoms with Crippen molar-refractivity contribution >= 4 is 41.0 Å². The minimum Gasteiger partial charge on any atom is -0.331 e. The molecule has 0 aliphatic carbocycles.